The van der Waals surface area contributed by atoms with Crippen LogP contribution >= 0.6 is 15.9 Å². The quantitative estimate of drug-likeness (QED) is 0.602. The SMILES string of the molecule is O=C(C(c1ccccc1)c1ccccc1)N1CCc2cc(Br)ccc21. The third-order valence-corrected chi connectivity index (χ3v) is 5.21. The van der Waals surface area contributed by atoms with Crippen LogP contribution in [0.2, 0.25) is 0 Å². The zero-order chi connectivity index (χ0) is 17.2. The van der Waals surface area contributed by atoms with Gasteiger partial charge in [0.05, 0.1) is 5.92 Å². The minimum atomic E-state index is -0.281. The first-order chi connectivity index (χ1) is 12.2. The van der Waals surface area contributed by atoms with Gasteiger partial charge in [0.1, 0.15) is 0 Å². The smallest absolute Gasteiger partial charge is 0.239 e. The summed E-state index contributed by atoms with van der Waals surface area (Å²) in [5, 5.41) is 0. The number of nitrogens with zero attached hydrogens (tertiary/aromatic N) is 1. The monoisotopic (exact) mass is 391 g/mol. The average molecular weight is 392 g/mol. The molecule has 1 heterocycles. The molecule has 0 spiro atoms. The number of rotatable bonds is 3. The molecule has 0 fully saturated rings. The van der Waals surface area contributed by atoms with E-state index in [-0.39, 0.29) is 11.8 Å². The van der Waals surface area contributed by atoms with Crippen LogP contribution in [0.15, 0.2) is 83.3 Å². The molecule has 3 heteroatoms. The molecule has 0 aliphatic carbocycles. The first-order valence-corrected chi connectivity index (χ1v) is 9.23. The molecule has 3 aromatic rings. The molecule has 1 aliphatic heterocycles. The number of carbonyl (C=O) groups is 1. The van der Waals surface area contributed by atoms with Crippen molar-refractivity contribution < 1.29 is 4.79 Å². The van der Waals surface area contributed by atoms with Crippen molar-refractivity contribution in [2.24, 2.45) is 0 Å². The van der Waals surface area contributed by atoms with Crippen LogP contribution in [0.3, 0.4) is 0 Å². The number of anilines is 1. The molecule has 0 saturated carbocycles. The van der Waals surface area contributed by atoms with Gasteiger partial charge in [-0.3, -0.25) is 4.79 Å². The summed E-state index contributed by atoms with van der Waals surface area (Å²) >= 11 is 3.52. The van der Waals surface area contributed by atoms with E-state index < -0.39 is 0 Å². The average Bonchev–Trinajstić information content (AvgIpc) is 3.06. The highest BCUT2D eigenvalue weighted by Crippen LogP contribution is 2.35. The fraction of sp³-hybridized carbons (Fsp3) is 0.136. The second kappa shape index (κ2) is 6.85. The molecule has 1 aliphatic rings. The fourth-order valence-corrected chi connectivity index (χ4v) is 3.93. The van der Waals surface area contributed by atoms with Gasteiger partial charge in [0, 0.05) is 16.7 Å². The Labute approximate surface area is 156 Å². The number of halogens is 1. The lowest BCUT2D eigenvalue weighted by atomic mass is 9.90. The van der Waals surface area contributed by atoms with Gasteiger partial charge >= 0.3 is 0 Å². The summed E-state index contributed by atoms with van der Waals surface area (Å²) in [4.78, 5) is 15.4. The lowest BCUT2D eigenvalue weighted by Crippen LogP contribution is -2.34. The number of amides is 1. The van der Waals surface area contributed by atoms with Crippen molar-refractivity contribution in [3.05, 3.63) is 100 Å². The van der Waals surface area contributed by atoms with Crippen molar-refractivity contribution in [3.8, 4) is 0 Å². The van der Waals surface area contributed by atoms with E-state index in [4.69, 9.17) is 0 Å². The molecule has 0 bridgehead atoms. The number of hydrogen-bond donors (Lipinski definition) is 0. The molecule has 0 unspecified atom stereocenters. The molecule has 0 radical (unpaired) electrons. The zero-order valence-corrected chi connectivity index (χ0v) is 15.3. The topological polar surface area (TPSA) is 20.3 Å². The molecular weight excluding hydrogens is 374 g/mol. The lowest BCUT2D eigenvalue weighted by Gasteiger charge is -2.25. The highest BCUT2D eigenvalue weighted by Gasteiger charge is 2.32. The summed E-state index contributed by atoms with van der Waals surface area (Å²) < 4.78 is 1.06. The first kappa shape index (κ1) is 16.1. The van der Waals surface area contributed by atoms with Gasteiger partial charge in [-0.1, -0.05) is 76.6 Å². The Morgan fingerprint density at radius 2 is 1.48 bits per heavy atom. The maximum absolute atomic E-state index is 13.5. The molecule has 25 heavy (non-hydrogen) atoms. The summed E-state index contributed by atoms with van der Waals surface area (Å²) in [5.74, 6) is -0.143. The second-order valence-corrected chi connectivity index (χ2v) is 7.18. The van der Waals surface area contributed by atoms with Crippen molar-refractivity contribution in [2.45, 2.75) is 12.3 Å². The fourth-order valence-electron chi connectivity index (χ4n) is 3.52. The van der Waals surface area contributed by atoms with Gasteiger partial charge in [-0.15, -0.1) is 0 Å². The second-order valence-electron chi connectivity index (χ2n) is 6.27. The standard InChI is InChI=1S/C22H18BrNO/c23-19-11-12-20-18(15-19)13-14-24(20)22(25)21(16-7-3-1-4-8-16)17-9-5-2-6-10-17/h1-12,15,21H,13-14H2. The number of carbonyl (C=O) groups excluding carboxylic acids is 1. The summed E-state index contributed by atoms with van der Waals surface area (Å²) in [6.45, 7) is 0.737. The van der Waals surface area contributed by atoms with Crippen LogP contribution in [0.5, 0.6) is 0 Å². The van der Waals surface area contributed by atoms with Gasteiger partial charge in [0.2, 0.25) is 5.91 Å². The summed E-state index contributed by atoms with van der Waals surface area (Å²) in [5.41, 5.74) is 4.32. The van der Waals surface area contributed by atoms with E-state index in [0.717, 1.165) is 34.3 Å². The van der Waals surface area contributed by atoms with E-state index in [1.807, 2.05) is 77.7 Å². The Balaban J connectivity index is 1.75. The summed E-state index contributed by atoms with van der Waals surface area (Å²) in [7, 11) is 0. The van der Waals surface area contributed by atoms with Crippen LogP contribution in [0.4, 0.5) is 5.69 Å². The first-order valence-electron chi connectivity index (χ1n) is 8.44. The third-order valence-electron chi connectivity index (χ3n) is 4.72. The molecular formula is C22H18BrNO. The highest BCUT2D eigenvalue weighted by molar-refractivity contribution is 9.10. The van der Waals surface area contributed by atoms with Gasteiger partial charge in [-0.2, -0.15) is 0 Å². The van der Waals surface area contributed by atoms with Crippen molar-refractivity contribution >= 4 is 27.5 Å². The van der Waals surface area contributed by atoms with Crippen molar-refractivity contribution in [3.63, 3.8) is 0 Å². The molecule has 124 valence electrons. The van der Waals surface area contributed by atoms with Crippen LogP contribution in [-0.2, 0) is 11.2 Å². The maximum Gasteiger partial charge on any atom is 0.239 e. The van der Waals surface area contributed by atoms with Gasteiger partial charge in [0.15, 0.2) is 0 Å². The van der Waals surface area contributed by atoms with Crippen LogP contribution in [0, 0.1) is 0 Å². The Morgan fingerprint density at radius 1 is 0.880 bits per heavy atom. The van der Waals surface area contributed by atoms with Gasteiger partial charge in [0.25, 0.3) is 0 Å². The van der Waals surface area contributed by atoms with Gasteiger partial charge < -0.3 is 4.90 Å². The highest BCUT2D eigenvalue weighted by atomic mass is 79.9. The Bertz CT molecular complexity index is 853. The van der Waals surface area contributed by atoms with Crippen molar-refractivity contribution in [1.29, 1.82) is 0 Å². The third kappa shape index (κ3) is 3.12. The normalized spacial score (nSPS) is 13.1. The van der Waals surface area contributed by atoms with E-state index in [0.29, 0.717) is 0 Å². The number of hydrogen-bond acceptors (Lipinski definition) is 1. The van der Waals surface area contributed by atoms with Crippen LogP contribution in [-0.4, -0.2) is 12.5 Å². The zero-order valence-electron chi connectivity index (χ0n) is 13.7. The predicted molar refractivity (Wildman–Crippen MR) is 105 cm³/mol. The molecule has 0 atom stereocenters. The molecule has 3 aromatic carbocycles. The largest absolute Gasteiger partial charge is 0.311 e. The van der Waals surface area contributed by atoms with Crippen LogP contribution in [0.25, 0.3) is 0 Å². The van der Waals surface area contributed by atoms with E-state index in [1.54, 1.807) is 0 Å². The molecule has 0 aromatic heterocycles. The van der Waals surface area contributed by atoms with E-state index >= 15 is 0 Å². The Kier molecular flexibility index (Phi) is 4.41. The minimum Gasteiger partial charge on any atom is -0.311 e. The minimum absolute atomic E-state index is 0.137. The van der Waals surface area contributed by atoms with E-state index in [2.05, 4.69) is 22.0 Å². The number of fused-ring (bicyclic) bond motifs is 1. The molecule has 1 amide bonds. The van der Waals surface area contributed by atoms with Gasteiger partial charge in [-0.05, 0) is 41.3 Å². The molecule has 0 saturated heterocycles. The van der Waals surface area contributed by atoms with E-state index in [1.165, 1.54) is 5.56 Å². The Hall–Kier alpha value is -2.39. The summed E-state index contributed by atoms with van der Waals surface area (Å²) in [6, 6.07) is 26.2. The van der Waals surface area contributed by atoms with Crippen LogP contribution < -0.4 is 4.90 Å². The Morgan fingerprint density at radius 3 is 2.08 bits per heavy atom. The van der Waals surface area contributed by atoms with E-state index in [9.17, 15) is 4.79 Å². The van der Waals surface area contributed by atoms with Crippen molar-refractivity contribution in [1.82, 2.24) is 0 Å². The lowest BCUT2D eigenvalue weighted by molar-refractivity contribution is -0.119. The summed E-state index contributed by atoms with van der Waals surface area (Å²) in [6.07, 6.45) is 0.900. The van der Waals surface area contributed by atoms with Gasteiger partial charge in [-0.25, -0.2) is 0 Å². The molecule has 4 rings (SSSR count). The van der Waals surface area contributed by atoms with Crippen molar-refractivity contribution in [2.75, 3.05) is 11.4 Å². The maximum atomic E-state index is 13.5. The van der Waals surface area contributed by atoms with Crippen LogP contribution in [0.1, 0.15) is 22.6 Å². The molecule has 0 N–H and O–H groups in total. The number of benzene rings is 3. The predicted octanol–water partition coefficient (Wildman–Crippen LogP) is 5.17. The molecule has 2 nitrogen and oxygen atoms in total.